The summed E-state index contributed by atoms with van der Waals surface area (Å²) in [4.78, 5) is 11.3. The predicted molar refractivity (Wildman–Crippen MR) is 71.5 cm³/mol. The van der Waals surface area contributed by atoms with Gasteiger partial charge in [-0.3, -0.25) is 4.79 Å². The normalized spacial score (nSPS) is 16.8. The van der Waals surface area contributed by atoms with E-state index < -0.39 is 0 Å². The molecule has 0 aliphatic carbocycles. The number of hydrogen-bond donors (Lipinski definition) is 0. The lowest BCUT2D eigenvalue weighted by molar-refractivity contribution is -0.111. The molecule has 1 aliphatic heterocycles. The van der Waals surface area contributed by atoms with Crippen molar-refractivity contribution in [3.05, 3.63) is 29.8 Å². The molecular formula is C14H20N2O2. The number of carbonyl (C=O) groups excluding carboxylic acids is 1. The Hall–Kier alpha value is -1.39. The van der Waals surface area contributed by atoms with Gasteiger partial charge in [-0.05, 0) is 23.6 Å². The van der Waals surface area contributed by atoms with Gasteiger partial charge in [-0.2, -0.15) is 0 Å². The molecule has 1 heterocycles. The van der Waals surface area contributed by atoms with Crippen LogP contribution in [0.4, 0.5) is 5.69 Å². The minimum Gasteiger partial charge on any atom is -0.379 e. The Balaban J connectivity index is 2.13. The fourth-order valence-electron chi connectivity index (χ4n) is 2.07. The highest BCUT2D eigenvalue weighted by Crippen LogP contribution is 2.20. The molecule has 1 saturated heterocycles. The number of nitrogens with zero attached hydrogens (tertiary/aromatic N) is 2. The maximum atomic E-state index is 11.3. The second-order valence-electron chi connectivity index (χ2n) is 4.76. The van der Waals surface area contributed by atoms with Crippen LogP contribution in [-0.4, -0.2) is 37.7 Å². The summed E-state index contributed by atoms with van der Waals surface area (Å²) in [6.07, 6.45) is 0.871. The SMILES string of the molecule is CC(C)c1ccc(N(C=O)N2CCOCC2)cc1. The first-order chi connectivity index (χ1) is 8.72. The number of amides is 1. The molecule has 4 heteroatoms. The van der Waals surface area contributed by atoms with Gasteiger partial charge in [0.1, 0.15) is 0 Å². The molecule has 0 bridgehead atoms. The standard InChI is InChI=1S/C14H20N2O2/c1-12(2)13-3-5-14(6-4-13)16(11-17)15-7-9-18-10-8-15/h3-6,11-12H,7-10H2,1-2H3. The summed E-state index contributed by atoms with van der Waals surface area (Å²) in [5, 5.41) is 3.69. The van der Waals surface area contributed by atoms with Crippen LogP contribution >= 0.6 is 0 Å². The van der Waals surface area contributed by atoms with Crippen LogP contribution in [0, 0.1) is 0 Å². The van der Waals surface area contributed by atoms with Gasteiger partial charge in [0.2, 0.25) is 6.41 Å². The van der Waals surface area contributed by atoms with Crippen molar-refractivity contribution in [2.75, 3.05) is 31.3 Å². The molecule has 1 fully saturated rings. The first-order valence-corrected chi connectivity index (χ1v) is 6.39. The second-order valence-corrected chi connectivity index (χ2v) is 4.76. The quantitative estimate of drug-likeness (QED) is 0.764. The van der Waals surface area contributed by atoms with Gasteiger partial charge in [-0.25, -0.2) is 10.0 Å². The van der Waals surface area contributed by atoms with Crippen LogP contribution in [0.3, 0.4) is 0 Å². The van der Waals surface area contributed by atoms with E-state index in [0.29, 0.717) is 19.1 Å². The van der Waals surface area contributed by atoms with Crippen LogP contribution in [0.5, 0.6) is 0 Å². The van der Waals surface area contributed by atoms with E-state index in [2.05, 4.69) is 26.0 Å². The molecule has 2 rings (SSSR count). The predicted octanol–water partition coefficient (Wildman–Crippen LogP) is 2.02. The van der Waals surface area contributed by atoms with Crippen molar-refractivity contribution in [1.82, 2.24) is 5.01 Å². The molecule has 1 aromatic rings. The van der Waals surface area contributed by atoms with Crippen molar-refractivity contribution in [2.45, 2.75) is 19.8 Å². The molecule has 4 nitrogen and oxygen atoms in total. The third-order valence-corrected chi connectivity index (χ3v) is 3.22. The molecule has 0 atom stereocenters. The number of hydrogen-bond acceptors (Lipinski definition) is 3. The fourth-order valence-corrected chi connectivity index (χ4v) is 2.07. The lowest BCUT2D eigenvalue weighted by atomic mass is 10.0. The lowest BCUT2D eigenvalue weighted by Gasteiger charge is -2.34. The summed E-state index contributed by atoms with van der Waals surface area (Å²) in [5.41, 5.74) is 2.20. The molecule has 1 aromatic carbocycles. The molecule has 0 radical (unpaired) electrons. The molecule has 0 unspecified atom stereocenters. The number of hydrazine groups is 1. The van der Waals surface area contributed by atoms with E-state index in [1.165, 1.54) is 5.56 Å². The van der Waals surface area contributed by atoms with Crippen LogP contribution in [0.2, 0.25) is 0 Å². The number of ether oxygens (including phenoxy) is 1. The second kappa shape index (κ2) is 5.98. The van der Waals surface area contributed by atoms with Crippen molar-refractivity contribution in [1.29, 1.82) is 0 Å². The van der Waals surface area contributed by atoms with Crippen LogP contribution < -0.4 is 5.01 Å². The Morgan fingerprint density at radius 1 is 1.22 bits per heavy atom. The van der Waals surface area contributed by atoms with E-state index in [4.69, 9.17) is 4.74 Å². The highest BCUT2D eigenvalue weighted by molar-refractivity contribution is 5.73. The highest BCUT2D eigenvalue weighted by Gasteiger charge is 2.18. The van der Waals surface area contributed by atoms with E-state index >= 15 is 0 Å². The smallest absolute Gasteiger partial charge is 0.228 e. The number of anilines is 1. The summed E-state index contributed by atoms with van der Waals surface area (Å²) >= 11 is 0. The van der Waals surface area contributed by atoms with Gasteiger partial charge >= 0.3 is 0 Å². The molecule has 0 spiro atoms. The minimum atomic E-state index is 0.507. The Morgan fingerprint density at radius 2 is 1.83 bits per heavy atom. The van der Waals surface area contributed by atoms with Crippen molar-refractivity contribution in [2.24, 2.45) is 0 Å². The average molecular weight is 248 g/mol. The van der Waals surface area contributed by atoms with Crippen LogP contribution in [0.1, 0.15) is 25.3 Å². The van der Waals surface area contributed by atoms with Gasteiger partial charge in [0.05, 0.1) is 18.9 Å². The van der Waals surface area contributed by atoms with E-state index in [-0.39, 0.29) is 0 Å². The molecule has 0 aromatic heterocycles. The van der Waals surface area contributed by atoms with Crippen molar-refractivity contribution in [3.8, 4) is 0 Å². The van der Waals surface area contributed by atoms with Gasteiger partial charge in [0.25, 0.3) is 0 Å². The summed E-state index contributed by atoms with van der Waals surface area (Å²) in [6.45, 7) is 7.18. The van der Waals surface area contributed by atoms with Crippen molar-refractivity contribution < 1.29 is 9.53 Å². The number of benzene rings is 1. The first-order valence-electron chi connectivity index (χ1n) is 6.39. The maximum Gasteiger partial charge on any atom is 0.228 e. The number of rotatable bonds is 4. The van der Waals surface area contributed by atoms with Gasteiger partial charge in [-0.1, -0.05) is 26.0 Å². The first kappa shape index (κ1) is 13.1. The molecular weight excluding hydrogens is 228 g/mol. The Morgan fingerprint density at radius 3 is 2.33 bits per heavy atom. The third-order valence-electron chi connectivity index (χ3n) is 3.22. The Labute approximate surface area is 108 Å². The Kier molecular flexibility index (Phi) is 4.33. The topological polar surface area (TPSA) is 32.8 Å². The highest BCUT2D eigenvalue weighted by atomic mass is 16.5. The van der Waals surface area contributed by atoms with Crippen molar-refractivity contribution in [3.63, 3.8) is 0 Å². The van der Waals surface area contributed by atoms with Crippen LogP contribution in [-0.2, 0) is 9.53 Å². The Bertz CT molecular complexity index is 383. The zero-order chi connectivity index (χ0) is 13.0. The monoisotopic (exact) mass is 248 g/mol. The molecule has 98 valence electrons. The summed E-state index contributed by atoms with van der Waals surface area (Å²) in [5.74, 6) is 0.507. The molecule has 1 amide bonds. The zero-order valence-corrected chi connectivity index (χ0v) is 11.0. The maximum absolute atomic E-state index is 11.3. The molecule has 1 aliphatic rings. The van der Waals surface area contributed by atoms with Gasteiger partial charge < -0.3 is 4.74 Å². The van der Waals surface area contributed by atoms with Gasteiger partial charge in [0.15, 0.2) is 0 Å². The fraction of sp³-hybridized carbons (Fsp3) is 0.500. The summed E-state index contributed by atoms with van der Waals surface area (Å²) in [7, 11) is 0. The van der Waals surface area contributed by atoms with Crippen LogP contribution in [0.25, 0.3) is 0 Å². The largest absolute Gasteiger partial charge is 0.379 e. The molecule has 0 saturated carbocycles. The third kappa shape index (κ3) is 2.89. The zero-order valence-electron chi connectivity index (χ0n) is 11.0. The van der Waals surface area contributed by atoms with Crippen LogP contribution in [0.15, 0.2) is 24.3 Å². The van der Waals surface area contributed by atoms with Gasteiger partial charge in [0, 0.05) is 13.1 Å². The minimum absolute atomic E-state index is 0.507. The molecule has 0 N–H and O–H groups in total. The number of carbonyl (C=O) groups is 1. The van der Waals surface area contributed by atoms with E-state index in [1.54, 1.807) is 5.01 Å². The lowest BCUT2D eigenvalue weighted by Crippen LogP contribution is -2.48. The molecule has 18 heavy (non-hydrogen) atoms. The van der Waals surface area contributed by atoms with Crippen molar-refractivity contribution >= 4 is 12.1 Å². The number of morpholine rings is 1. The van der Waals surface area contributed by atoms with E-state index in [9.17, 15) is 4.79 Å². The summed E-state index contributed by atoms with van der Waals surface area (Å²) < 4.78 is 5.30. The van der Waals surface area contributed by atoms with E-state index in [0.717, 1.165) is 25.2 Å². The summed E-state index contributed by atoms with van der Waals surface area (Å²) in [6, 6.07) is 8.16. The average Bonchev–Trinajstić information content (AvgIpc) is 2.41. The van der Waals surface area contributed by atoms with E-state index in [1.807, 2.05) is 17.1 Å². The van der Waals surface area contributed by atoms with Gasteiger partial charge in [-0.15, -0.1) is 0 Å².